The summed E-state index contributed by atoms with van der Waals surface area (Å²) in [5.74, 6) is 0.00385. The van der Waals surface area contributed by atoms with Crippen molar-refractivity contribution in [2.45, 2.75) is 12.5 Å². The lowest BCUT2D eigenvalue weighted by molar-refractivity contribution is -0.123. The van der Waals surface area contributed by atoms with Crippen molar-refractivity contribution in [3.63, 3.8) is 0 Å². The zero-order valence-corrected chi connectivity index (χ0v) is 9.10. The molecule has 4 nitrogen and oxygen atoms in total. The number of aliphatic hydroxyl groups is 1. The van der Waals surface area contributed by atoms with Crippen LogP contribution in [-0.4, -0.2) is 36.8 Å². The van der Waals surface area contributed by atoms with Gasteiger partial charge in [0.1, 0.15) is 6.04 Å². The van der Waals surface area contributed by atoms with E-state index in [2.05, 4.69) is 10.2 Å². The molecule has 1 fully saturated rings. The molecule has 16 heavy (non-hydrogen) atoms. The lowest BCUT2D eigenvalue weighted by Crippen LogP contribution is -2.55. The molecule has 0 aromatic heterocycles. The molecule has 0 bridgehead atoms. The Morgan fingerprint density at radius 1 is 1.38 bits per heavy atom. The zero-order chi connectivity index (χ0) is 11.4. The summed E-state index contributed by atoms with van der Waals surface area (Å²) in [6.45, 7) is 1.48. The van der Waals surface area contributed by atoms with E-state index in [1.165, 1.54) is 0 Å². The molecule has 0 radical (unpaired) electrons. The predicted molar refractivity (Wildman–Crippen MR) is 62.3 cm³/mol. The fourth-order valence-electron chi connectivity index (χ4n) is 2.05. The van der Waals surface area contributed by atoms with E-state index in [4.69, 9.17) is 5.11 Å². The molecule has 0 saturated carbocycles. The van der Waals surface area contributed by atoms with Gasteiger partial charge in [0, 0.05) is 25.4 Å². The van der Waals surface area contributed by atoms with Crippen LogP contribution >= 0.6 is 0 Å². The molecule has 2 rings (SSSR count). The first kappa shape index (κ1) is 11.0. The van der Waals surface area contributed by atoms with Gasteiger partial charge in [-0.05, 0) is 18.6 Å². The van der Waals surface area contributed by atoms with Gasteiger partial charge in [0.05, 0.1) is 0 Å². The van der Waals surface area contributed by atoms with Crippen molar-refractivity contribution >= 4 is 11.6 Å². The van der Waals surface area contributed by atoms with Gasteiger partial charge in [-0.2, -0.15) is 0 Å². The summed E-state index contributed by atoms with van der Waals surface area (Å²) in [5.41, 5.74) is 1.04. The molecule has 1 unspecified atom stereocenters. The summed E-state index contributed by atoms with van der Waals surface area (Å²) in [4.78, 5) is 13.8. The van der Waals surface area contributed by atoms with Gasteiger partial charge in [-0.3, -0.25) is 4.79 Å². The Morgan fingerprint density at radius 2 is 2.12 bits per heavy atom. The minimum absolute atomic E-state index is 0.00385. The van der Waals surface area contributed by atoms with Gasteiger partial charge in [-0.1, -0.05) is 18.2 Å². The van der Waals surface area contributed by atoms with Crippen LogP contribution in [-0.2, 0) is 4.79 Å². The number of rotatable bonds is 3. The quantitative estimate of drug-likeness (QED) is 0.774. The van der Waals surface area contributed by atoms with Crippen molar-refractivity contribution in [1.82, 2.24) is 5.32 Å². The van der Waals surface area contributed by atoms with Gasteiger partial charge in [0.15, 0.2) is 0 Å². The van der Waals surface area contributed by atoms with Crippen LogP contribution in [0.2, 0.25) is 0 Å². The molecule has 1 heterocycles. The number of nitrogens with one attached hydrogen (secondary N) is 1. The number of amides is 1. The van der Waals surface area contributed by atoms with E-state index in [9.17, 15) is 4.79 Å². The van der Waals surface area contributed by atoms with Crippen LogP contribution in [0.5, 0.6) is 0 Å². The SMILES string of the molecule is O=C1NCCN(c2ccccc2)C1CCO. The third kappa shape index (κ3) is 2.17. The summed E-state index contributed by atoms with van der Waals surface area (Å²) in [5, 5.41) is 11.8. The number of hydrogen-bond acceptors (Lipinski definition) is 3. The summed E-state index contributed by atoms with van der Waals surface area (Å²) in [7, 11) is 0. The van der Waals surface area contributed by atoms with Gasteiger partial charge < -0.3 is 15.3 Å². The van der Waals surface area contributed by atoms with Crippen molar-refractivity contribution < 1.29 is 9.90 Å². The number of carbonyl (C=O) groups excluding carboxylic acids is 1. The number of nitrogens with zero attached hydrogens (tertiary/aromatic N) is 1. The molecule has 1 atom stereocenters. The highest BCUT2D eigenvalue weighted by Crippen LogP contribution is 2.19. The van der Waals surface area contributed by atoms with E-state index < -0.39 is 0 Å². The molecular weight excluding hydrogens is 204 g/mol. The van der Waals surface area contributed by atoms with E-state index in [-0.39, 0.29) is 18.6 Å². The lowest BCUT2D eigenvalue weighted by atomic mass is 10.1. The highest BCUT2D eigenvalue weighted by atomic mass is 16.3. The first-order chi connectivity index (χ1) is 7.83. The standard InChI is InChI=1S/C12H16N2O2/c15-9-6-11-12(16)13-7-8-14(11)10-4-2-1-3-5-10/h1-5,11,15H,6-9H2,(H,13,16). The minimum atomic E-state index is -0.249. The predicted octanol–water partition coefficient (Wildman–Crippen LogP) is 0.374. The van der Waals surface area contributed by atoms with E-state index >= 15 is 0 Å². The van der Waals surface area contributed by atoms with Crippen LogP contribution in [0.1, 0.15) is 6.42 Å². The maximum Gasteiger partial charge on any atom is 0.242 e. The van der Waals surface area contributed by atoms with E-state index in [1.54, 1.807) is 0 Å². The van der Waals surface area contributed by atoms with Gasteiger partial charge in [-0.25, -0.2) is 0 Å². The number of aliphatic hydroxyl groups excluding tert-OH is 1. The molecule has 0 spiro atoms. The van der Waals surface area contributed by atoms with Crippen molar-refractivity contribution in [3.05, 3.63) is 30.3 Å². The Hall–Kier alpha value is -1.55. The molecule has 1 aromatic rings. The van der Waals surface area contributed by atoms with Crippen LogP contribution in [0.4, 0.5) is 5.69 Å². The van der Waals surface area contributed by atoms with Crippen LogP contribution in [0, 0.1) is 0 Å². The van der Waals surface area contributed by atoms with Crippen molar-refractivity contribution in [2.24, 2.45) is 0 Å². The number of para-hydroxylation sites is 1. The Kier molecular flexibility index (Phi) is 3.41. The topological polar surface area (TPSA) is 52.6 Å². The Labute approximate surface area is 94.9 Å². The third-order valence-corrected chi connectivity index (χ3v) is 2.82. The Bertz CT molecular complexity index is 353. The molecule has 2 N–H and O–H groups in total. The molecule has 86 valence electrons. The molecule has 1 aliphatic heterocycles. The largest absolute Gasteiger partial charge is 0.396 e. The molecule has 4 heteroatoms. The summed E-state index contributed by atoms with van der Waals surface area (Å²) >= 11 is 0. The van der Waals surface area contributed by atoms with Gasteiger partial charge >= 0.3 is 0 Å². The highest BCUT2D eigenvalue weighted by Gasteiger charge is 2.28. The van der Waals surface area contributed by atoms with E-state index in [0.29, 0.717) is 13.0 Å². The van der Waals surface area contributed by atoms with Crippen LogP contribution in [0.15, 0.2) is 30.3 Å². The third-order valence-electron chi connectivity index (χ3n) is 2.82. The number of benzene rings is 1. The van der Waals surface area contributed by atoms with Gasteiger partial charge in [-0.15, -0.1) is 0 Å². The highest BCUT2D eigenvalue weighted by molar-refractivity contribution is 5.86. The van der Waals surface area contributed by atoms with Crippen molar-refractivity contribution in [3.8, 4) is 0 Å². The normalized spacial score (nSPS) is 20.7. The van der Waals surface area contributed by atoms with Gasteiger partial charge in [0.25, 0.3) is 0 Å². The number of carbonyl (C=O) groups is 1. The number of piperazine rings is 1. The van der Waals surface area contributed by atoms with E-state index in [0.717, 1.165) is 12.2 Å². The number of hydrogen-bond donors (Lipinski definition) is 2. The first-order valence-corrected chi connectivity index (χ1v) is 5.53. The van der Waals surface area contributed by atoms with Crippen molar-refractivity contribution in [2.75, 3.05) is 24.6 Å². The monoisotopic (exact) mass is 220 g/mol. The summed E-state index contributed by atoms with van der Waals surface area (Å²) in [6.07, 6.45) is 0.473. The molecule has 1 aromatic carbocycles. The second kappa shape index (κ2) is 4.99. The Morgan fingerprint density at radius 3 is 2.81 bits per heavy atom. The van der Waals surface area contributed by atoms with Crippen molar-refractivity contribution in [1.29, 1.82) is 0 Å². The second-order valence-corrected chi connectivity index (χ2v) is 3.85. The first-order valence-electron chi connectivity index (χ1n) is 5.53. The maximum atomic E-state index is 11.7. The Balaban J connectivity index is 2.20. The van der Waals surface area contributed by atoms with Crippen LogP contribution in [0.3, 0.4) is 0 Å². The average Bonchev–Trinajstić information content (AvgIpc) is 2.33. The fourth-order valence-corrected chi connectivity index (χ4v) is 2.05. The minimum Gasteiger partial charge on any atom is -0.396 e. The molecule has 1 amide bonds. The molecule has 0 aliphatic carbocycles. The summed E-state index contributed by atoms with van der Waals surface area (Å²) in [6, 6.07) is 9.59. The van der Waals surface area contributed by atoms with Gasteiger partial charge in [0.2, 0.25) is 5.91 Å². The van der Waals surface area contributed by atoms with Crippen LogP contribution in [0.25, 0.3) is 0 Å². The fraction of sp³-hybridized carbons (Fsp3) is 0.417. The van der Waals surface area contributed by atoms with Crippen LogP contribution < -0.4 is 10.2 Å². The lowest BCUT2D eigenvalue weighted by Gasteiger charge is -2.36. The zero-order valence-electron chi connectivity index (χ0n) is 9.10. The summed E-state index contributed by atoms with van der Waals surface area (Å²) < 4.78 is 0. The number of anilines is 1. The average molecular weight is 220 g/mol. The second-order valence-electron chi connectivity index (χ2n) is 3.85. The van der Waals surface area contributed by atoms with E-state index in [1.807, 2.05) is 30.3 Å². The molecule has 1 aliphatic rings. The molecular formula is C12H16N2O2. The smallest absolute Gasteiger partial charge is 0.242 e. The maximum absolute atomic E-state index is 11.7. The molecule has 1 saturated heterocycles.